The Morgan fingerprint density at radius 1 is 0.900 bits per heavy atom. The average Bonchev–Trinajstić information content (AvgIpc) is 2.44. The molecular formula is C15H10Br2N2O. The molecule has 0 aliphatic carbocycles. The molecule has 0 aromatic heterocycles. The van der Waals surface area contributed by atoms with Crippen LogP contribution in [-0.4, -0.2) is 5.11 Å². The van der Waals surface area contributed by atoms with Crippen LogP contribution in [0.5, 0.6) is 5.75 Å². The van der Waals surface area contributed by atoms with Crippen molar-refractivity contribution >= 4 is 43.2 Å². The molecule has 0 atom stereocenters. The highest BCUT2D eigenvalue weighted by molar-refractivity contribution is 9.10. The molecule has 0 saturated carbocycles. The van der Waals surface area contributed by atoms with E-state index in [1.165, 1.54) is 6.07 Å². The van der Waals surface area contributed by atoms with Crippen molar-refractivity contribution in [2.75, 3.05) is 0 Å². The summed E-state index contributed by atoms with van der Waals surface area (Å²) in [6, 6.07) is 10.4. The van der Waals surface area contributed by atoms with E-state index in [0.717, 1.165) is 20.2 Å². The highest BCUT2D eigenvalue weighted by Crippen LogP contribution is 2.29. The van der Waals surface area contributed by atoms with E-state index in [4.69, 9.17) is 18.3 Å². The molecule has 3 nitrogen and oxygen atoms in total. The van der Waals surface area contributed by atoms with Gasteiger partial charge in [-0.3, -0.25) is 0 Å². The average molecular weight is 394 g/mol. The predicted molar refractivity (Wildman–Crippen MR) is 87.2 cm³/mol. The van der Waals surface area contributed by atoms with Gasteiger partial charge in [-0.15, -0.1) is 0 Å². The quantitative estimate of drug-likeness (QED) is 0.545. The summed E-state index contributed by atoms with van der Waals surface area (Å²) in [5.41, 5.74) is 2.02. The first-order valence-corrected chi connectivity index (χ1v) is 7.06. The summed E-state index contributed by atoms with van der Waals surface area (Å²) in [7, 11) is 0. The SMILES string of the molecule is [C-]#[N+]c1cc(Br)ccc1C.[C-]#[N+]c1cc(Br)ccc1O. The van der Waals surface area contributed by atoms with Crippen LogP contribution in [-0.2, 0) is 0 Å². The Kier molecular flexibility index (Phi) is 6.24. The van der Waals surface area contributed by atoms with Crippen molar-refractivity contribution in [1.29, 1.82) is 0 Å². The van der Waals surface area contributed by atoms with E-state index in [1.807, 2.05) is 25.1 Å². The molecule has 0 heterocycles. The van der Waals surface area contributed by atoms with Gasteiger partial charge in [-0.1, -0.05) is 44.0 Å². The summed E-state index contributed by atoms with van der Waals surface area (Å²) < 4.78 is 1.76. The molecule has 2 aromatic carbocycles. The molecule has 0 fully saturated rings. The molecule has 2 aromatic rings. The van der Waals surface area contributed by atoms with Crippen LogP contribution in [0.2, 0.25) is 0 Å². The molecule has 0 aliphatic rings. The summed E-state index contributed by atoms with van der Waals surface area (Å²) in [5.74, 6) is 0.0261. The summed E-state index contributed by atoms with van der Waals surface area (Å²) in [5, 5.41) is 9.00. The third kappa shape index (κ3) is 4.70. The summed E-state index contributed by atoms with van der Waals surface area (Å²) >= 11 is 6.48. The Bertz CT molecular complexity index is 638. The van der Waals surface area contributed by atoms with Crippen molar-refractivity contribution in [3.63, 3.8) is 0 Å². The van der Waals surface area contributed by atoms with E-state index in [-0.39, 0.29) is 11.4 Å². The molecule has 0 unspecified atom stereocenters. The van der Waals surface area contributed by atoms with Crippen LogP contribution < -0.4 is 0 Å². The highest BCUT2D eigenvalue weighted by atomic mass is 79.9. The third-order valence-corrected chi connectivity index (χ3v) is 3.34. The lowest BCUT2D eigenvalue weighted by molar-refractivity contribution is 0.478. The monoisotopic (exact) mass is 392 g/mol. The molecular weight excluding hydrogens is 384 g/mol. The van der Waals surface area contributed by atoms with Crippen LogP contribution >= 0.6 is 31.9 Å². The molecule has 0 amide bonds. The smallest absolute Gasteiger partial charge is 0.228 e. The van der Waals surface area contributed by atoms with Gasteiger partial charge in [0.25, 0.3) is 0 Å². The van der Waals surface area contributed by atoms with Gasteiger partial charge in [0.1, 0.15) is 5.75 Å². The second kappa shape index (κ2) is 7.69. The molecule has 0 aliphatic heterocycles. The number of hydrogen-bond acceptors (Lipinski definition) is 1. The van der Waals surface area contributed by atoms with Gasteiger partial charge in [0.2, 0.25) is 5.69 Å². The van der Waals surface area contributed by atoms with Crippen molar-refractivity contribution in [3.8, 4) is 5.75 Å². The summed E-state index contributed by atoms with van der Waals surface area (Å²) in [4.78, 5) is 6.45. The van der Waals surface area contributed by atoms with E-state index in [0.29, 0.717) is 0 Å². The number of phenolic OH excluding ortho intramolecular Hbond substituents is 1. The first kappa shape index (κ1) is 16.2. The number of aryl methyl sites for hydroxylation is 1. The topological polar surface area (TPSA) is 29.0 Å². The van der Waals surface area contributed by atoms with E-state index >= 15 is 0 Å². The normalized spacial score (nSPS) is 8.85. The zero-order valence-electron chi connectivity index (χ0n) is 10.6. The first-order chi connectivity index (χ1) is 9.47. The first-order valence-electron chi connectivity index (χ1n) is 5.47. The fourth-order valence-corrected chi connectivity index (χ4v) is 1.99. The van der Waals surface area contributed by atoms with E-state index in [1.54, 1.807) is 12.1 Å². The second-order valence-electron chi connectivity index (χ2n) is 3.79. The number of halogens is 2. The van der Waals surface area contributed by atoms with Crippen LogP contribution in [0.3, 0.4) is 0 Å². The fourth-order valence-electron chi connectivity index (χ4n) is 1.29. The van der Waals surface area contributed by atoms with Crippen LogP contribution in [0.25, 0.3) is 9.69 Å². The molecule has 2 rings (SSSR count). The lowest BCUT2D eigenvalue weighted by Gasteiger charge is -1.95. The molecule has 1 N–H and O–H groups in total. The van der Waals surface area contributed by atoms with E-state index in [9.17, 15) is 0 Å². The molecule has 0 bridgehead atoms. The van der Waals surface area contributed by atoms with E-state index < -0.39 is 0 Å². The van der Waals surface area contributed by atoms with Crippen LogP contribution in [0.15, 0.2) is 45.3 Å². The van der Waals surface area contributed by atoms with Crippen LogP contribution in [0.1, 0.15) is 5.56 Å². The van der Waals surface area contributed by atoms with Gasteiger partial charge in [-0.2, -0.15) is 0 Å². The summed E-state index contributed by atoms with van der Waals surface area (Å²) in [6.07, 6.45) is 0. The lowest BCUT2D eigenvalue weighted by Crippen LogP contribution is -1.70. The van der Waals surface area contributed by atoms with Crippen molar-refractivity contribution in [2.45, 2.75) is 6.92 Å². The van der Waals surface area contributed by atoms with Crippen molar-refractivity contribution in [1.82, 2.24) is 0 Å². The third-order valence-electron chi connectivity index (χ3n) is 2.35. The molecule has 0 radical (unpaired) electrons. The number of aromatic hydroxyl groups is 1. The second-order valence-corrected chi connectivity index (χ2v) is 5.62. The van der Waals surface area contributed by atoms with Crippen molar-refractivity contribution < 1.29 is 5.11 Å². The Balaban J connectivity index is 0.000000200. The maximum absolute atomic E-state index is 9.00. The zero-order valence-corrected chi connectivity index (χ0v) is 13.7. The number of benzene rings is 2. The van der Waals surface area contributed by atoms with Gasteiger partial charge >= 0.3 is 0 Å². The maximum Gasteiger partial charge on any atom is 0.228 e. The molecule has 20 heavy (non-hydrogen) atoms. The minimum Gasteiger partial charge on any atom is -0.519 e. The minimum absolute atomic E-state index is 0.0261. The number of phenols is 1. The maximum atomic E-state index is 9.00. The van der Waals surface area contributed by atoms with E-state index in [2.05, 4.69) is 41.5 Å². The van der Waals surface area contributed by atoms with Crippen LogP contribution in [0, 0.1) is 20.1 Å². The Hall–Kier alpha value is -1.82. The van der Waals surface area contributed by atoms with Gasteiger partial charge in [-0.05, 0) is 36.8 Å². The highest BCUT2D eigenvalue weighted by Gasteiger charge is 1.98. The molecule has 0 saturated heterocycles. The minimum atomic E-state index is 0.0261. The molecule has 100 valence electrons. The lowest BCUT2D eigenvalue weighted by atomic mass is 10.2. The number of rotatable bonds is 0. The van der Waals surface area contributed by atoms with Gasteiger partial charge in [0.15, 0.2) is 5.69 Å². The van der Waals surface area contributed by atoms with Gasteiger partial charge < -0.3 is 5.11 Å². The summed E-state index contributed by atoms with van der Waals surface area (Å²) in [6.45, 7) is 15.3. The predicted octanol–water partition coefficient (Wildman–Crippen LogP) is 6.01. The van der Waals surface area contributed by atoms with Crippen molar-refractivity contribution in [3.05, 3.63) is 73.7 Å². The van der Waals surface area contributed by atoms with Crippen molar-refractivity contribution in [2.24, 2.45) is 0 Å². The standard InChI is InChI=1S/C8H6BrN.C7H4BrNO/c1-6-3-4-7(9)5-8(6)10-2;1-9-6-4-5(8)2-3-7(6)10/h3-5H,1H3;2-4,10H. The zero-order chi connectivity index (χ0) is 15.1. The largest absolute Gasteiger partial charge is 0.519 e. The van der Waals surface area contributed by atoms with Gasteiger partial charge in [0.05, 0.1) is 13.1 Å². The van der Waals surface area contributed by atoms with Gasteiger partial charge in [-0.25, -0.2) is 9.69 Å². The number of hydrogen-bond donors (Lipinski definition) is 1. The number of nitrogens with zero attached hydrogens (tertiary/aromatic N) is 2. The molecule has 0 spiro atoms. The Morgan fingerprint density at radius 2 is 1.40 bits per heavy atom. The Labute approximate surface area is 134 Å². The fraction of sp³-hybridized carbons (Fsp3) is 0.0667. The van der Waals surface area contributed by atoms with Gasteiger partial charge in [0, 0.05) is 8.95 Å². The Morgan fingerprint density at radius 3 is 1.85 bits per heavy atom. The van der Waals surface area contributed by atoms with Crippen LogP contribution in [0.4, 0.5) is 11.4 Å². The molecule has 5 heteroatoms.